The summed E-state index contributed by atoms with van der Waals surface area (Å²) in [7, 11) is -1.81. The molecule has 0 saturated carbocycles. The van der Waals surface area contributed by atoms with Gasteiger partial charge in [0.25, 0.3) is 0 Å². The molecular weight excluding hydrogens is 519 g/mol. The predicted octanol–water partition coefficient (Wildman–Crippen LogP) is 1.89. The Morgan fingerprint density at radius 2 is 1.80 bits per heavy atom. The normalized spacial score (nSPS) is 15.5. The van der Waals surface area contributed by atoms with Crippen LogP contribution in [0.15, 0.2) is 34.2 Å². The third kappa shape index (κ3) is 10.4. The quantitative estimate of drug-likeness (QED) is 0.167. The second-order valence-electron chi connectivity index (χ2n) is 7.12. The molecular formula is C20H35IN4O4S. The van der Waals surface area contributed by atoms with Crippen LogP contribution in [0.3, 0.4) is 0 Å². The summed E-state index contributed by atoms with van der Waals surface area (Å²) >= 11 is 0. The third-order valence-corrected chi connectivity index (χ3v) is 6.19. The smallest absolute Gasteiger partial charge is 0.240 e. The molecule has 10 heteroatoms. The van der Waals surface area contributed by atoms with E-state index in [1.54, 1.807) is 31.3 Å². The summed E-state index contributed by atoms with van der Waals surface area (Å²) < 4.78 is 38.2. The van der Waals surface area contributed by atoms with Crippen LogP contribution in [0.5, 0.6) is 0 Å². The number of ether oxygens (including phenoxy) is 2. The zero-order valence-electron chi connectivity index (χ0n) is 17.9. The van der Waals surface area contributed by atoms with Gasteiger partial charge in [0, 0.05) is 53.1 Å². The molecule has 0 amide bonds. The number of nitrogens with one attached hydrogen (secondary N) is 3. The molecule has 0 unspecified atom stereocenters. The first-order chi connectivity index (χ1) is 14.0. The van der Waals surface area contributed by atoms with E-state index in [4.69, 9.17) is 9.47 Å². The zero-order valence-corrected chi connectivity index (χ0v) is 21.0. The first-order valence-corrected chi connectivity index (χ1v) is 11.7. The molecule has 1 fully saturated rings. The molecule has 0 radical (unpaired) electrons. The number of benzene rings is 1. The number of aryl methyl sites for hydroxylation is 1. The van der Waals surface area contributed by atoms with Gasteiger partial charge in [-0.05, 0) is 44.2 Å². The highest BCUT2D eigenvalue weighted by atomic mass is 127. The molecule has 1 aromatic rings. The summed E-state index contributed by atoms with van der Waals surface area (Å²) in [5.41, 5.74) is 1.02. The molecule has 1 heterocycles. The summed E-state index contributed by atoms with van der Waals surface area (Å²) in [5.74, 6) is 1.26. The zero-order chi connectivity index (χ0) is 21.0. The van der Waals surface area contributed by atoms with Crippen LogP contribution in [0, 0.1) is 12.8 Å². The molecule has 0 aliphatic carbocycles. The topological polar surface area (TPSA) is 101 Å². The summed E-state index contributed by atoms with van der Waals surface area (Å²) in [6, 6.07) is 6.78. The lowest BCUT2D eigenvalue weighted by Crippen LogP contribution is -2.42. The van der Waals surface area contributed by atoms with Crippen LogP contribution in [0.1, 0.15) is 24.8 Å². The van der Waals surface area contributed by atoms with Gasteiger partial charge in [0.1, 0.15) is 0 Å². The Bertz CT molecular complexity index is 723. The van der Waals surface area contributed by atoms with Crippen molar-refractivity contribution in [1.82, 2.24) is 15.4 Å². The first kappa shape index (κ1) is 27.1. The minimum Gasteiger partial charge on any atom is -0.381 e. The lowest BCUT2D eigenvalue weighted by molar-refractivity contribution is 0.0203. The fraction of sp³-hybridized carbons (Fsp3) is 0.650. The van der Waals surface area contributed by atoms with Gasteiger partial charge in [-0.15, -0.1) is 24.0 Å². The van der Waals surface area contributed by atoms with E-state index in [0.29, 0.717) is 25.0 Å². The van der Waals surface area contributed by atoms with Crippen molar-refractivity contribution in [3.63, 3.8) is 0 Å². The average molecular weight is 554 g/mol. The molecule has 172 valence electrons. The number of hydrogen-bond acceptors (Lipinski definition) is 5. The molecule has 8 nitrogen and oxygen atoms in total. The Hall–Kier alpha value is -0.950. The highest BCUT2D eigenvalue weighted by Gasteiger charge is 2.14. The number of hydrogen-bond donors (Lipinski definition) is 3. The number of guanidine groups is 1. The Kier molecular flexibility index (Phi) is 13.5. The Morgan fingerprint density at radius 1 is 1.13 bits per heavy atom. The van der Waals surface area contributed by atoms with Gasteiger partial charge in [-0.25, -0.2) is 13.1 Å². The van der Waals surface area contributed by atoms with E-state index in [2.05, 4.69) is 20.3 Å². The summed E-state index contributed by atoms with van der Waals surface area (Å²) in [6.07, 6.45) is 3.05. The van der Waals surface area contributed by atoms with E-state index in [9.17, 15) is 8.42 Å². The Balaban J connectivity index is 0.00000450. The predicted molar refractivity (Wildman–Crippen MR) is 130 cm³/mol. The fourth-order valence-electron chi connectivity index (χ4n) is 2.93. The van der Waals surface area contributed by atoms with Gasteiger partial charge in [0.15, 0.2) is 5.96 Å². The molecule has 0 bridgehead atoms. The molecule has 30 heavy (non-hydrogen) atoms. The van der Waals surface area contributed by atoms with Crippen LogP contribution in [0.4, 0.5) is 0 Å². The molecule has 0 atom stereocenters. The highest BCUT2D eigenvalue weighted by Crippen LogP contribution is 2.14. The molecule has 3 N–H and O–H groups in total. The minimum atomic E-state index is -3.49. The number of sulfonamides is 1. The summed E-state index contributed by atoms with van der Waals surface area (Å²) in [6.45, 7) is 6.57. The second-order valence-corrected chi connectivity index (χ2v) is 8.89. The second kappa shape index (κ2) is 15.0. The molecule has 2 rings (SSSR count). The van der Waals surface area contributed by atoms with Gasteiger partial charge in [-0.2, -0.15) is 0 Å². The maximum Gasteiger partial charge on any atom is 0.240 e. The van der Waals surface area contributed by atoms with Crippen LogP contribution in [-0.4, -0.2) is 67.5 Å². The van der Waals surface area contributed by atoms with Crippen molar-refractivity contribution in [3.05, 3.63) is 29.8 Å². The van der Waals surface area contributed by atoms with E-state index >= 15 is 0 Å². The highest BCUT2D eigenvalue weighted by molar-refractivity contribution is 14.0. The van der Waals surface area contributed by atoms with E-state index in [-0.39, 0.29) is 35.4 Å². The molecule has 1 aliphatic rings. The SMILES string of the molecule is CN=C(NCCCOCC1CCOCC1)NCCNS(=O)(=O)c1ccc(C)cc1.I. The van der Waals surface area contributed by atoms with E-state index in [1.807, 2.05) is 6.92 Å². The van der Waals surface area contributed by atoms with Crippen molar-refractivity contribution in [2.75, 3.05) is 53.1 Å². The van der Waals surface area contributed by atoms with Gasteiger partial charge in [0.2, 0.25) is 10.0 Å². The number of halogens is 1. The molecule has 0 aromatic heterocycles. The monoisotopic (exact) mass is 554 g/mol. The maximum atomic E-state index is 12.2. The molecule has 1 aliphatic heterocycles. The summed E-state index contributed by atoms with van der Waals surface area (Å²) in [4.78, 5) is 4.41. The molecule has 1 saturated heterocycles. The summed E-state index contributed by atoms with van der Waals surface area (Å²) in [5, 5.41) is 6.31. The maximum absolute atomic E-state index is 12.2. The van der Waals surface area contributed by atoms with Crippen molar-refractivity contribution < 1.29 is 17.9 Å². The van der Waals surface area contributed by atoms with Gasteiger partial charge in [-0.3, -0.25) is 4.99 Å². The van der Waals surface area contributed by atoms with Gasteiger partial charge < -0.3 is 20.1 Å². The molecule has 1 aromatic carbocycles. The number of rotatable bonds is 11. The Labute approximate surface area is 197 Å². The first-order valence-electron chi connectivity index (χ1n) is 10.2. The minimum absolute atomic E-state index is 0. The van der Waals surface area contributed by atoms with Crippen LogP contribution in [0.25, 0.3) is 0 Å². The van der Waals surface area contributed by atoms with Crippen LogP contribution in [-0.2, 0) is 19.5 Å². The van der Waals surface area contributed by atoms with Crippen molar-refractivity contribution in [3.8, 4) is 0 Å². The van der Waals surface area contributed by atoms with Crippen molar-refractivity contribution in [2.45, 2.75) is 31.1 Å². The molecule has 0 spiro atoms. The average Bonchev–Trinajstić information content (AvgIpc) is 2.73. The lowest BCUT2D eigenvalue weighted by atomic mass is 10.0. The lowest BCUT2D eigenvalue weighted by Gasteiger charge is -2.21. The number of aliphatic imine (C=N–C) groups is 1. The van der Waals surface area contributed by atoms with Gasteiger partial charge in [-0.1, -0.05) is 17.7 Å². The van der Waals surface area contributed by atoms with Crippen LogP contribution >= 0.6 is 24.0 Å². The largest absolute Gasteiger partial charge is 0.381 e. The van der Waals surface area contributed by atoms with Crippen molar-refractivity contribution in [1.29, 1.82) is 0 Å². The standard InChI is InChI=1S/C20H34N4O4S.HI/c1-17-4-6-19(7-5-17)29(25,26)24-12-11-23-20(21-2)22-10-3-13-28-16-18-8-14-27-15-9-18;/h4-7,18,24H,3,8-16H2,1-2H3,(H2,21,22,23);1H. The van der Waals surface area contributed by atoms with E-state index < -0.39 is 10.0 Å². The van der Waals surface area contributed by atoms with Gasteiger partial charge >= 0.3 is 0 Å². The van der Waals surface area contributed by atoms with Crippen LogP contribution in [0.2, 0.25) is 0 Å². The van der Waals surface area contributed by atoms with Crippen molar-refractivity contribution >= 4 is 40.0 Å². The van der Waals surface area contributed by atoms with Crippen LogP contribution < -0.4 is 15.4 Å². The van der Waals surface area contributed by atoms with Crippen molar-refractivity contribution in [2.24, 2.45) is 10.9 Å². The van der Waals surface area contributed by atoms with Gasteiger partial charge in [0.05, 0.1) is 4.90 Å². The van der Waals surface area contributed by atoms with E-state index in [0.717, 1.165) is 51.2 Å². The number of nitrogens with zero attached hydrogens (tertiary/aromatic N) is 1. The fourth-order valence-corrected chi connectivity index (χ4v) is 3.96. The third-order valence-electron chi connectivity index (χ3n) is 4.72. The van der Waals surface area contributed by atoms with E-state index in [1.165, 1.54) is 0 Å². The Morgan fingerprint density at radius 3 is 2.47 bits per heavy atom.